The second-order valence-corrected chi connectivity index (χ2v) is 8.78. The number of nitrogens with zero attached hydrogens (tertiary/aromatic N) is 5. The summed E-state index contributed by atoms with van der Waals surface area (Å²) in [5.41, 5.74) is 0.912. The summed E-state index contributed by atoms with van der Waals surface area (Å²) in [6.45, 7) is 4.12. The fourth-order valence-electron chi connectivity index (χ4n) is 4.34. The van der Waals surface area contributed by atoms with Crippen molar-refractivity contribution in [2.75, 3.05) is 32.8 Å². The molecule has 0 saturated carbocycles. The Balaban J connectivity index is 1.63. The minimum Gasteiger partial charge on any atom is -0.494 e. The number of hydrogen-bond acceptors (Lipinski definition) is 9. The average Bonchev–Trinajstić information content (AvgIpc) is 3.56. The van der Waals surface area contributed by atoms with E-state index in [4.69, 9.17) is 14.2 Å². The lowest BCUT2D eigenvalue weighted by Crippen LogP contribution is -2.45. The van der Waals surface area contributed by atoms with Crippen LogP contribution in [0, 0.1) is 11.6 Å². The van der Waals surface area contributed by atoms with Crippen molar-refractivity contribution in [3.8, 4) is 34.0 Å². The third kappa shape index (κ3) is 4.95. The molecule has 2 atom stereocenters. The van der Waals surface area contributed by atoms with Crippen LogP contribution >= 0.6 is 0 Å². The van der Waals surface area contributed by atoms with Crippen LogP contribution in [0.25, 0.3) is 33.4 Å². The second-order valence-electron chi connectivity index (χ2n) is 8.78. The molecule has 0 unspecified atom stereocenters. The van der Waals surface area contributed by atoms with Crippen LogP contribution in [0.15, 0.2) is 43.4 Å². The molecule has 2 N–H and O–H groups in total. The minimum absolute atomic E-state index is 0.00532. The molecule has 1 saturated heterocycles. The molecule has 3 aromatic heterocycles. The summed E-state index contributed by atoms with van der Waals surface area (Å²) in [6.07, 6.45) is 6.00. The lowest BCUT2D eigenvalue weighted by molar-refractivity contribution is -0.117. The summed E-state index contributed by atoms with van der Waals surface area (Å²) < 4.78 is 48.0. The summed E-state index contributed by atoms with van der Waals surface area (Å²) in [4.78, 5) is 25.5. The molecule has 0 radical (unpaired) electrons. The fourth-order valence-corrected chi connectivity index (χ4v) is 4.34. The molecule has 11 nitrogen and oxygen atoms in total. The molecule has 1 aliphatic heterocycles. The molecular weight excluding hydrogens is 512 g/mol. The standard InChI is InChI=1S/C26H25F2N7O4/c1-5-20(36)31-16-11-39-12-17(16)33-26-29-8-13-6-15(21-22(27)18(37-3)7-19(38-4)23(21)28)32-25(24(13)34-26)14-9-30-35(2)10-14/h5-10,16-17H,1,11-12H2,2-4H3,(H,31,36)(H,29,33,34)/t16-,17+/m0/s1. The van der Waals surface area contributed by atoms with Crippen LogP contribution in [0.3, 0.4) is 0 Å². The Morgan fingerprint density at radius 2 is 1.85 bits per heavy atom. The second kappa shape index (κ2) is 10.6. The number of aryl methyl sites for hydroxylation is 1. The van der Waals surface area contributed by atoms with E-state index in [0.29, 0.717) is 35.4 Å². The Hall–Kier alpha value is -4.65. The Morgan fingerprint density at radius 3 is 2.49 bits per heavy atom. The van der Waals surface area contributed by atoms with Crippen molar-refractivity contribution in [3.63, 3.8) is 0 Å². The van der Waals surface area contributed by atoms with Crippen molar-refractivity contribution in [2.24, 2.45) is 7.05 Å². The summed E-state index contributed by atoms with van der Waals surface area (Å²) in [5.74, 6) is -2.29. The van der Waals surface area contributed by atoms with Crippen LogP contribution in [0.1, 0.15) is 0 Å². The topological polar surface area (TPSA) is 125 Å². The molecule has 1 fully saturated rings. The summed E-state index contributed by atoms with van der Waals surface area (Å²) >= 11 is 0. The van der Waals surface area contributed by atoms with Crippen molar-refractivity contribution in [3.05, 3.63) is 55.0 Å². The first kappa shape index (κ1) is 26.0. The van der Waals surface area contributed by atoms with Crippen LogP contribution in [-0.4, -0.2) is 70.2 Å². The van der Waals surface area contributed by atoms with Gasteiger partial charge in [0.15, 0.2) is 23.1 Å². The van der Waals surface area contributed by atoms with Crippen LogP contribution in [0.5, 0.6) is 11.5 Å². The van der Waals surface area contributed by atoms with Gasteiger partial charge in [-0.3, -0.25) is 9.48 Å². The Bertz CT molecular complexity index is 1550. The fraction of sp³-hybridized carbons (Fsp3) is 0.269. The highest BCUT2D eigenvalue weighted by Crippen LogP contribution is 2.39. The van der Waals surface area contributed by atoms with E-state index in [0.717, 1.165) is 6.07 Å². The van der Waals surface area contributed by atoms with Gasteiger partial charge in [0.2, 0.25) is 11.9 Å². The van der Waals surface area contributed by atoms with Crippen LogP contribution in [-0.2, 0) is 16.6 Å². The largest absolute Gasteiger partial charge is 0.494 e. The van der Waals surface area contributed by atoms with Gasteiger partial charge in [0.05, 0.1) is 57.0 Å². The minimum atomic E-state index is -0.923. The number of pyridine rings is 1. The lowest BCUT2D eigenvalue weighted by atomic mass is 10.0. The maximum Gasteiger partial charge on any atom is 0.243 e. The predicted octanol–water partition coefficient (Wildman–Crippen LogP) is 2.87. The summed E-state index contributed by atoms with van der Waals surface area (Å²) in [6, 6.07) is 2.01. The van der Waals surface area contributed by atoms with Gasteiger partial charge in [-0.15, -0.1) is 0 Å². The van der Waals surface area contributed by atoms with Gasteiger partial charge < -0.3 is 24.8 Å². The van der Waals surface area contributed by atoms with E-state index in [1.54, 1.807) is 24.1 Å². The molecule has 1 aliphatic rings. The molecule has 0 spiro atoms. The summed E-state index contributed by atoms with van der Waals surface area (Å²) in [7, 11) is 4.29. The van der Waals surface area contributed by atoms with Gasteiger partial charge in [-0.25, -0.2) is 23.7 Å². The van der Waals surface area contributed by atoms with Crippen molar-refractivity contribution in [1.29, 1.82) is 0 Å². The number of hydrogen-bond donors (Lipinski definition) is 2. The van der Waals surface area contributed by atoms with E-state index >= 15 is 8.78 Å². The van der Waals surface area contributed by atoms with E-state index in [1.165, 1.54) is 32.6 Å². The third-order valence-corrected chi connectivity index (χ3v) is 6.28. The highest BCUT2D eigenvalue weighted by molar-refractivity contribution is 5.94. The third-order valence-electron chi connectivity index (χ3n) is 6.28. The molecule has 5 rings (SSSR count). The molecule has 202 valence electrons. The number of anilines is 1. The smallest absolute Gasteiger partial charge is 0.243 e. The van der Waals surface area contributed by atoms with Gasteiger partial charge in [-0.2, -0.15) is 5.10 Å². The Morgan fingerprint density at radius 1 is 1.13 bits per heavy atom. The van der Waals surface area contributed by atoms with Crippen molar-refractivity contribution in [1.82, 2.24) is 30.0 Å². The zero-order valence-electron chi connectivity index (χ0n) is 21.4. The van der Waals surface area contributed by atoms with Gasteiger partial charge >= 0.3 is 0 Å². The summed E-state index contributed by atoms with van der Waals surface area (Å²) in [5, 5.41) is 10.7. The lowest BCUT2D eigenvalue weighted by Gasteiger charge is -2.20. The predicted molar refractivity (Wildman–Crippen MR) is 138 cm³/mol. The average molecular weight is 538 g/mol. The number of carbonyl (C=O) groups is 1. The monoisotopic (exact) mass is 537 g/mol. The molecule has 13 heteroatoms. The molecule has 1 amide bonds. The number of rotatable bonds is 8. The molecule has 4 aromatic rings. The number of aromatic nitrogens is 5. The van der Waals surface area contributed by atoms with Crippen molar-refractivity contribution >= 4 is 22.8 Å². The van der Waals surface area contributed by atoms with Crippen molar-refractivity contribution < 1.29 is 27.8 Å². The van der Waals surface area contributed by atoms with Gasteiger partial charge in [0.25, 0.3) is 0 Å². The Labute approximate surface area is 221 Å². The van der Waals surface area contributed by atoms with E-state index in [9.17, 15) is 4.79 Å². The normalized spacial score (nSPS) is 16.7. The van der Waals surface area contributed by atoms with E-state index < -0.39 is 17.2 Å². The SMILES string of the molecule is C=CC(=O)N[C@H]1COC[C@H]1Nc1ncc2cc(-c3c(F)c(OC)cc(OC)c3F)nc(-c3cnn(C)c3)c2n1. The Kier molecular flexibility index (Phi) is 7.07. The number of methoxy groups -OCH3 is 2. The van der Waals surface area contributed by atoms with Crippen molar-refractivity contribution in [2.45, 2.75) is 12.1 Å². The maximum absolute atomic E-state index is 15.4. The molecule has 0 bridgehead atoms. The van der Waals surface area contributed by atoms with Crippen LogP contribution < -0.4 is 20.1 Å². The number of amides is 1. The number of ether oxygens (including phenoxy) is 3. The molecule has 39 heavy (non-hydrogen) atoms. The van der Waals surface area contributed by atoms with Gasteiger partial charge in [-0.05, 0) is 12.1 Å². The maximum atomic E-state index is 15.4. The van der Waals surface area contributed by atoms with E-state index in [2.05, 4.69) is 37.3 Å². The first-order chi connectivity index (χ1) is 18.8. The first-order valence-electron chi connectivity index (χ1n) is 11.9. The molecule has 1 aromatic carbocycles. The number of benzene rings is 1. The zero-order valence-corrected chi connectivity index (χ0v) is 21.4. The van der Waals surface area contributed by atoms with Crippen LogP contribution in [0.2, 0.25) is 0 Å². The highest BCUT2D eigenvalue weighted by atomic mass is 19.1. The quantitative estimate of drug-likeness (QED) is 0.327. The molecule has 4 heterocycles. The number of halogens is 2. The molecule has 0 aliphatic carbocycles. The number of carbonyl (C=O) groups excluding carboxylic acids is 1. The van der Waals surface area contributed by atoms with Gasteiger partial charge in [0.1, 0.15) is 11.2 Å². The zero-order chi connectivity index (χ0) is 27.7. The number of nitrogens with one attached hydrogen (secondary N) is 2. The van der Waals surface area contributed by atoms with Crippen LogP contribution in [0.4, 0.5) is 14.7 Å². The number of fused-ring (bicyclic) bond motifs is 1. The van der Waals surface area contributed by atoms with Gasteiger partial charge in [-0.1, -0.05) is 6.58 Å². The molecular formula is C26H25F2N7O4. The van der Waals surface area contributed by atoms with Gasteiger partial charge in [0, 0.05) is 36.5 Å². The van der Waals surface area contributed by atoms with E-state index in [1.807, 2.05) is 0 Å². The highest BCUT2D eigenvalue weighted by Gasteiger charge is 2.30. The van der Waals surface area contributed by atoms with E-state index in [-0.39, 0.29) is 41.1 Å². The first-order valence-corrected chi connectivity index (χ1v) is 11.9.